The second-order valence-electron chi connectivity index (χ2n) is 5.25. The summed E-state index contributed by atoms with van der Waals surface area (Å²) in [7, 11) is 0. The van der Waals surface area contributed by atoms with Gasteiger partial charge in [-0.1, -0.05) is 29.8 Å². The van der Waals surface area contributed by atoms with Gasteiger partial charge in [-0.3, -0.25) is 0 Å². The van der Waals surface area contributed by atoms with E-state index in [0.717, 1.165) is 22.6 Å². The van der Waals surface area contributed by atoms with E-state index in [2.05, 4.69) is 42.0 Å². The van der Waals surface area contributed by atoms with Crippen molar-refractivity contribution in [2.45, 2.75) is 20.8 Å². The van der Waals surface area contributed by atoms with E-state index in [4.69, 9.17) is 4.98 Å². The molecule has 3 nitrogen and oxygen atoms in total. The van der Waals surface area contributed by atoms with Crippen LogP contribution in [0.25, 0.3) is 22.8 Å². The first kappa shape index (κ1) is 13.4. The highest BCUT2D eigenvalue weighted by Gasteiger charge is 2.07. The van der Waals surface area contributed by atoms with Gasteiger partial charge in [0, 0.05) is 17.5 Å². The molecule has 0 fully saturated rings. The summed E-state index contributed by atoms with van der Waals surface area (Å²) in [5, 5.41) is 0. The van der Waals surface area contributed by atoms with Crippen LogP contribution in [0.1, 0.15) is 16.8 Å². The summed E-state index contributed by atoms with van der Waals surface area (Å²) in [4.78, 5) is 13.5. The fourth-order valence-corrected chi connectivity index (χ4v) is 2.38. The van der Waals surface area contributed by atoms with Crippen molar-refractivity contribution in [2.24, 2.45) is 0 Å². The number of hydrogen-bond donors (Lipinski definition) is 0. The molecule has 0 aliphatic carbocycles. The van der Waals surface area contributed by atoms with Crippen molar-refractivity contribution in [3.8, 4) is 22.8 Å². The van der Waals surface area contributed by atoms with Crippen LogP contribution in [0.2, 0.25) is 0 Å². The number of nitrogens with zero attached hydrogens (tertiary/aromatic N) is 3. The molecular weight excluding hydrogens is 258 g/mol. The zero-order valence-electron chi connectivity index (χ0n) is 12.5. The third-order valence-electron chi connectivity index (χ3n) is 3.43. The maximum Gasteiger partial charge on any atom is 0.178 e. The van der Waals surface area contributed by atoms with E-state index in [-0.39, 0.29) is 0 Å². The smallest absolute Gasteiger partial charge is 0.178 e. The highest BCUT2D eigenvalue weighted by atomic mass is 14.9. The van der Waals surface area contributed by atoms with Crippen molar-refractivity contribution in [3.05, 3.63) is 65.5 Å². The summed E-state index contributed by atoms with van der Waals surface area (Å²) < 4.78 is 0. The number of hydrogen-bond acceptors (Lipinski definition) is 3. The average molecular weight is 275 g/mol. The van der Waals surface area contributed by atoms with Crippen LogP contribution in [-0.2, 0) is 0 Å². The highest BCUT2D eigenvalue weighted by molar-refractivity contribution is 5.66. The third kappa shape index (κ3) is 2.82. The Morgan fingerprint density at radius 1 is 0.810 bits per heavy atom. The quantitative estimate of drug-likeness (QED) is 0.705. The number of pyridine rings is 1. The molecule has 2 heterocycles. The molecule has 0 radical (unpaired) electrons. The van der Waals surface area contributed by atoms with Gasteiger partial charge in [-0.25, -0.2) is 15.0 Å². The summed E-state index contributed by atoms with van der Waals surface area (Å²) in [6.07, 6.45) is 1.77. The van der Waals surface area contributed by atoms with Gasteiger partial charge in [0.2, 0.25) is 0 Å². The van der Waals surface area contributed by atoms with Crippen molar-refractivity contribution < 1.29 is 0 Å². The fourth-order valence-electron chi connectivity index (χ4n) is 2.38. The molecule has 21 heavy (non-hydrogen) atoms. The summed E-state index contributed by atoms with van der Waals surface area (Å²) in [6, 6.07) is 14.3. The van der Waals surface area contributed by atoms with Crippen LogP contribution in [0, 0.1) is 20.8 Å². The van der Waals surface area contributed by atoms with Gasteiger partial charge in [0.1, 0.15) is 5.69 Å². The molecular formula is C18H17N3. The molecule has 0 N–H and O–H groups in total. The van der Waals surface area contributed by atoms with Gasteiger partial charge in [-0.15, -0.1) is 0 Å². The summed E-state index contributed by atoms with van der Waals surface area (Å²) in [5.41, 5.74) is 6.33. The zero-order valence-corrected chi connectivity index (χ0v) is 12.5. The van der Waals surface area contributed by atoms with Gasteiger partial charge in [-0.2, -0.15) is 0 Å². The van der Waals surface area contributed by atoms with Gasteiger partial charge in [0.05, 0.1) is 5.69 Å². The number of aryl methyl sites for hydroxylation is 3. The minimum atomic E-state index is 0.668. The highest BCUT2D eigenvalue weighted by Crippen LogP contribution is 2.24. The lowest BCUT2D eigenvalue weighted by molar-refractivity contribution is 1.09. The van der Waals surface area contributed by atoms with Gasteiger partial charge < -0.3 is 0 Å². The maximum absolute atomic E-state index is 4.72. The Morgan fingerprint density at radius 2 is 1.62 bits per heavy atom. The van der Waals surface area contributed by atoms with Crippen molar-refractivity contribution >= 4 is 0 Å². The summed E-state index contributed by atoms with van der Waals surface area (Å²) in [6.45, 7) is 6.17. The van der Waals surface area contributed by atoms with E-state index in [1.807, 2.05) is 31.2 Å². The Balaban J connectivity index is 2.08. The van der Waals surface area contributed by atoms with E-state index in [1.54, 1.807) is 6.20 Å². The van der Waals surface area contributed by atoms with Crippen molar-refractivity contribution in [3.63, 3.8) is 0 Å². The van der Waals surface area contributed by atoms with Gasteiger partial charge >= 0.3 is 0 Å². The minimum absolute atomic E-state index is 0.668. The molecule has 0 saturated carbocycles. The second-order valence-corrected chi connectivity index (χ2v) is 5.25. The molecule has 0 aliphatic rings. The van der Waals surface area contributed by atoms with Gasteiger partial charge in [0.15, 0.2) is 5.82 Å². The Bertz CT molecular complexity index is 794. The largest absolute Gasteiger partial charge is 0.244 e. The lowest BCUT2D eigenvalue weighted by Gasteiger charge is -2.08. The molecule has 0 bridgehead atoms. The molecule has 104 valence electrons. The SMILES string of the molecule is Cc1ccc(-c2cccc(-c3nccc(C)n3)n2)c(C)c1. The first-order chi connectivity index (χ1) is 10.1. The lowest BCUT2D eigenvalue weighted by atomic mass is 10.0. The molecule has 3 rings (SSSR count). The molecule has 3 heteroatoms. The van der Waals surface area contributed by atoms with Crippen LogP contribution in [0.3, 0.4) is 0 Å². The number of rotatable bonds is 2. The standard InChI is InChI=1S/C18H17N3/c1-12-7-8-15(13(2)11-12)16-5-4-6-17(21-16)18-19-10-9-14(3)20-18/h4-11H,1-3H3. The Hall–Kier alpha value is -2.55. The Kier molecular flexibility index (Phi) is 3.48. The molecule has 2 aromatic heterocycles. The normalized spacial score (nSPS) is 10.6. The molecule has 0 amide bonds. The van der Waals surface area contributed by atoms with E-state index < -0.39 is 0 Å². The minimum Gasteiger partial charge on any atom is -0.244 e. The monoisotopic (exact) mass is 275 g/mol. The van der Waals surface area contributed by atoms with Crippen LogP contribution in [0.4, 0.5) is 0 Å². The van der Waals surface area contributed by atoms with Gasteiger partial charge in [0.25, 0.3) is 0 Å². The Labute approximate surface area is 124 Å². The zero-order chi connectivity index (χ0) is 14.8. The van der Waals surface area contributed by atoms with E-state index in [1.165, 1.54) is 11.1 Å². The predicted octanol–water partition coefficient (Wildman–Crippen LogP) is 4.13. The summed E-state index contributed by atoms with van der Waals surface area (Å²) >= 11 is 0. The molecule has 0 unspecified atom stereocenters. The maximum atomic E-state index is 4.72. The fraction of sp³-hybridized carbons (Fsp3) is 0.167. The van der Waals surface area contributed by atoms with Crippen LogP contribution >= 0.6 is 0 Å². The van der Waals surface area contributed by atoms with E-state index >= 15 is 0 Å². The Morgan fingerprint density at radius 3 is 2.38 bits per heavy atom. The average Bonchev–Trinajstić information content (AvgIpc) is 2.47. The van der Waals surface area contributed by atoms with E-state index in [0.29, 0.717) is 5.82 Å². The van der Waals surface area contributed by atoms with Crippen LogP contribution in [0.15, 0.2) is 48.7 Å². The first-order valence-corrected chi connectivity index (χ1v) is 6.98. The van der Waals surface area contributed by atoms with Crippen LogP contribution in [0.5, 0.6) is 0 Å². The second kappa shape index (κ2) is 5.44. The molecule has 0 aliphatic heterocycles. The lowest BCUT2D eigenvalue weighted by Crippen LogP contribution is -1.95. The van der Waals surface area contributed by atoms with Crippen molar-refractivity contribution in [2.75, 3.05) is 0 Å². The molecule has 3 aromatic rings. The number of aromatic nitrogens is 3. The predicted molar refractivity (Wildman–Crippen MR) is 84.9 cm³/mol. The number of benzene rings is 1. The topological polar surface area (TPSA) is 38.7 Å². The first-order valence-electron chi connectivity index (χ1n) is 6.98. The van der Waals surface area contributed by atoms with Crippen molar-refractivity contribution in [1.29, 1.82) is 0 Å². The van der Waals surface area contributed by atoms with Gasteiger partial charge in [-0.05, 0) is 44.5 Å². The summed E-state index contributed by atoms with van der Waals surface area (Å²) in [5.74, 6) is 0.668. The molecule has 0 atom stereocenters. The van der Waals surface area contributed by atoms with E-state index in [9.17, 15) is 0 Å². The van der Waals surface area contributed by atoms with Crippen molar-refractivity contribution in [1.82, 2.24) is 15.0 Å². The third-order valence-corrected chi connectivity index (χ3v) is 3.43. The molecule has 1 aromatic carbocycles. The van der Waals surface area contributed by atoms with Crippen LogP contribution in [-0.4, -0.2) is 15.0 Å². The molecule has 0 spiro atoms. The molecule has 0 saturated heterocycles. The van der Waals surface area contributed by atoms with Crippen LogP contribution < -0.4 is 0 Å².